The maximum absolute atomic E-state index is 6.04. The molecule has 102 valence electrons. The molecular weight excluding hydrogens is 292 g/mol. The normalized spacial score (nSPS) is 11.1. The summed E-state index contributed by atoms with van der Waals surface area (Å²) in [5, 5.41) is 2.10. The highest BCUT2D eigenvalue weighted by molar-refractivity contribution is 7.99. The minimum absolute atomic E-state index is 0.474. The third-order valence-electron chi connectivity index (χ3n) is 2.76. The largest absolute Gasteiger partial charge is 0.333 e. The first-order chi connectivity index (χ1) is 9.74. The van der Waals surface area contributed by atoms with Gasteiger partial charge in [-0.15, -0.1) is 0 Å². The van der Waals surface area contributed by atoms with Gasteiger partial charge in [-0.2, -0.15) is 0 Å². The molecule has 1 N–H and O–H groups in total. The van der Waals surface area contributed by atoms with E-state index in [0.717, 1.165) is 39.9 Å². The molecule has 3 rings (SSSR count). The van der Waals surface area contributed by atoms with Crippen molar-refractivity contribution in [1.29, 1.82) is 0 Å². The van der Waals surface area contributed by atoms with Crippen LogP contribution in [0.25, 0.3) is 11.0 Å². The van der Waals surface area contributed by atoms with Gasteiger partial charge in [0.2, 0.25) is 0 Å². The zero-order chi connectivity index (χ0) is 13.9. The lowest BCUT2D eigenvalue weighted by atomic mass is 10.3. The van der Waals surface area contributed by atoms with Crippen LogP contribution in [0.3, 0.4) is 0 Å². The lowest BCUT2D eigenvalue weighted by Crippen LogP contribution is -1.96. The predicted molar refractivity (Wildman–Crippen MR) is 81.3 cm³/mol. The van der Waals surface area contributed by atoms with E-state index >= 15 is 0 Å². The van der Waals surface area contributed by atoms with Gasteiger partial charge in [0, 0.05) is 12.5 Å². The minimum atomic E-state index is 0.474. The second kappa shape index (κ2) is 5.81. The highest BCUT2D eigenvalue weighted by atomic mass is 35.5. The fraction of sp³-hybridized carbons (Fsp3) is 0.214. The number of aromatic nitrogens is 4. The molecule has 0 aliphatic rings. The Kier molecular flexibility index (Phi) is 3.89. The fourth-order valence-electron chi connectivity index (χ4n) is 1.91. The Balaban J connectivity index is 1.90. The summed E-state index contributed by atoms with van der Waals surface area (Å²) >= 11 is 7.50. The van der Waals surface area contributed by atoms with Gasteiger partial charge in [-0.05, 0) is 30.3 Å². The molecule has 0 aliphatic heterocycles. The molecule has 0 saturated heterocycles. The number of benzene rings is 1. The van der Waals surface area contributed by atoms with E-state index < -0.39 is 0 Å². The lowest BCUT2D eigenvalue weighted by molar-refractivity contribution is 0.809. The first-order valence-electron chi connectivity index (χ1n) is 6.40. The molecule has 1 aromatic carbocycles. The lowest BCUT2D eigenvalue weighted by Gasteiger charge is -2.02. The molecule has 4 nitrogen and oxygen atoms in total. The standard InChI is InChI=1S/C14H13ClN4S/c1-2-5-12-18-11(15)8-13(19-12)20-14-16-9-6-3-4-7-10(9)17-14/h3-4,6-8H,2,5H2,1H3,(H,16,17). The van der Waals surface area contributed by atoms with Gasteiger partial charge in [0.1, 0.15) is 16.0 Å². The van der Waals surface area contributed by atoms with Crippen molar-refractivity contribution in [3.63, 3.8) is 0 Å². The highest BCUT2D eigenvalue weighted by Gasteiger charge is 2.08. The number of para-hydroxylation sites is 2. The summed E-state index contributed by atoms with van der Waals surface area (Å²) in [5.41, 5.74) is 1.97. The second-order valence-electron chi connectivity index (χ2n) is 4.36. The predicted octanol–water partition coefficient (Wildman–Crippen LogP) is 4.11. The number of hydrogen-bond acceptors (Lipinski definition) is 4. The van der Waals surface area contributed by atoms with Crippen molar-refractivity contribution >= 4 is 34.4 Å². The molecule has 20 heavy (non-hydrogen) atoms. The van der Waals surface area contributed by atoms with Crippen molar-refractivity contribution in [2.75, 3.05) is 0 Å². The van der Waals surface area contributed by atoms with Crippen molar-refractivity contribution in [3.8, 4) is 0 Å². The number of H-pyrrole nitrogens is 1. The summed E-state index contributed by atoms with van der Waals surface area (Å²) in [6.45, 7) is 2.09. The molecule has 0 bridgehead atoms. The van der Waals surface area contributed by atoms with Crippen molar-refractivity contribution in [1.82, 2.24) is 19.9 Å². The number of aromatic amines is 1. The summed E-state index contributed by atoms with van der Waals surface area (Å²) in [5.74, 6) is 0.776. The first kappa shape index (κ1) is 13.4. The van der Waals surface area contributed by atoms with Crippen LogP contribution in [0.2, 0.25) is 5.15 Å². The van der Waals surface area contributed by atoms with E-state index in [9.17, 15) is 0 Å². The molecular formula is C14H13ClN4S. The summed E-state index contributed by atoms with van der Waals surface area (Å²) in [6.07, 6.45) is 1.82. The first-order valence-corrected chi connectivity index (χ1v) is 7.60. The number of rotatable bonds is 4. The van der Waals surface area contributed by atoms with Crippen LogP contribution in [0.1, 0.15) is 19.2 Å². The highest BCUT2D eigenvalue weighted by Crippen LogP contribution is 2.27. The number of hydrogen-bond donors (Lipinski definition) is 1. The molecule has 0 spiro atoms. The van der Waals surface area contributed by atoms with Crippen LogP contribution in [-0.2, 0) is 6.42 Å². The van der Waals surface area contributed by atoms with Gasteiger partial charge in [-0.3, -0.25) is 0 Å². The Labute approximate surface area is 126 Å². The van der Waals surface area contributed by atoms with Crippen LogP contribution in [0, 0.1) is 0 Å². The number of halogens is 1. The van der Waals surface area contributed by atoms with Crippen molar-refractivity contribution < 1.29 is 0 Å². The van der Waals surface area contributed by atoms with Gasteiger partial charge >= 0.3 is 0 Å². The maximum Gasteiger partial charge on any atom is 0.172 e. The molecule has 0 saturated carbocycles. The van der Waals surface area contributed by atoms with E-state index in [0.29, 0.717) is 5.15 Å². The van der Waals surface area contributed by atoms with Crippen molar-refractivity contribution in [2.24, 2.45) is 0 Å². The van der Waals surface area contributed by atoms with E-state index in [1.807, 2.05) is 24.3 Å². The third kappa shape index (κ3) is 2.94. The maximum atomic E-state index is 6.04. The number of aryl methyl sites for hydroxylation is 1. The number of fused-ring (bicyclic) bond motifs is 1. The minimum Gasteiger partial charge on any atom is -0.333 e. The van der Waals surface area contributed by atoms with Crippen LogP contribution in [-0.4, -0.2) is 19.9 Å². The Morgan fingerprint density at radius 1 is 1.20 bits per heavy atom. The van der Waals surface area contributed by atoms with Gasteiger partial charge in [-0.1, -0.05) is 30.7 Å². The summed E-state index contributed by atoms with van der Waals surface area (Å²) in [4.78, 5) is 16.5. The van der Waals surface area contributed by atoms with Crippen molar-refractivity contribution in [3.05, 3.63) is 41.3 Å². The monoisotopic (exact) mass is 304 g/mol. The molecule has 0 amide bonds. The van der Waals surface area contributed by atoms with Gasteiger partial charge in [0.05, 0.1) is 11.0 Å². The third-order valence-corrected chi connectivity index (χ3v) is 3.76. The molecule has 0 radical (unpaired) electrons. The number of nitrogens with one attached hydrogen (secondary N) is 1. The quantitative estimate of drug-likeness (QED) is 0.737. The van der Waals surface area contributed by atoms with Gasteiger partial charge < -0.3 is 4.98 Å². The molecule has 2 aromatic heterocycles. The summed E-state index contributed by atoms with van der Waals surface area (Å²) in [6, 6.07) is 9.69. The topological polar surface area (TPSA) is 54.5 Å². The van der Waals surface area contributed by atoms with Gasteiger partial charge in [-0.25, -0.2) is 15.0 Å². The molecule has 0 aliphatic carbocycles. The number of nitrogens with zero attached hydrogens (tertiary/aromatic N) is 3. The van der Waals surface area contributed by atoms with Gasteiger partial charge in [0.25, 0.3) is 0 Å². The Bertz CT molecular complexity index is 708. The Morgan fingerprint density at radius 2 is 2.05 bits per heavy atom. The SMILES string of the molecule is CCCc1nc(Cl)cc(Sc2nc3ccccc3[nH]2)n1. The Morgan fingerprint density at radius 3 is 2.85 bits per heavy atom. The van der Waals surface area contributed by atoms with E-state index in [1.54, 1.807) is 6.07 Å². The average molecular weight is 305 g/mol. The van der Waals surface area contributed by atoms with Crippen LogP contribution in [0.5, 0.6) is 0 Å². The molecule has 0 fully saturated rings. The summed E-state index contributed by atoms with van der Waals surface area (Å²) < 4.78 is 0. The molecule has 0 unspecified atom stereocenters. The smallest absolute Gasteiger partial charge is 0.172 e. The molecule has 0 atom stereocenters. The van der Waals surface area contributed by atoms with Crippen molar-refractivity contribution in [2.45, 2.75) is 29.9 Å². The zero-order valence-corrected chi connectivity index (χ0v) is 12.5. The fourth-order valence-corrected chi connectivity index (χ4v) is 3.00. The van der Waals surface area contributed by atoms with E-state index in [2.05, 4.69) is 26.9 Å². The van der Waals surface area contributed by atoms with Crippen LogP contribution in [0.4, 0.5) is 0 Å². The Hall–Kier alpha value is -1.59. The zero-order valence-electron chi connectivity index (χ0n) is 10.9. The molecule has 3 aromatic rings. The van der Waals surface area contributed by atoms with Crippen LogP contribution < -0.4 is 0 Å². The van der Waals surface area contributed by atoms with Crippen LogP contribution >= 0.6 is 23.4 Å². The molecule has 2 heterocycles. The number of imidazole rings is 1. The van der Waals surface area contributed by atoms with E-state index in [4.69, 9.17) is 11.6 Å². The second-order valence-corrected chi connectivity index (χ2v) is 5.75. The molecule has 6 heteroatoms. The van der Waals surface area contributed by atoms with E-state index in [1.165, 1.54) is 11.8 Å². The van der Waals surface area contributed by atoms with Gasteiger partial charge in [0.15, 0.2) is 5.16 Å². The average Bonchev–Trinajstić information content (AvgIpc) is 2.80. The van der Waals surface area contributed by atoms with E-state index in [-0.39, 0.29) is 0 Å². The summed E-state index contributed by atoms with van der Waals surface area (Å²) in [7, 11) is 0. The van der Waals surface area contributed by atoms with Crippen LogP contribution in [0.15, 0.2) is 40.5 Å².